The predicted octanol–water partition coefficient (Wildman–Crippen LogP) is 18.5. The van der Waals surface area contributed by atoms with E-state index in [4.69, 9.17) is 29.9 Å². The maximum absolute atomic E-state index is 12.5. The van der Waals surface area contributed by atoms with Crippen LogP contribution in [-0.4, -0.2) is 126 Å². The zero-order chi connectivity index (χ0) is 82.5. The first-order chi connectivity index (χ1) is 55.5. The zero-order valence-electron chi connectivity index (χ0n) is 65.8. The second-order valence-electron chi connectivity index (χ2n) is 29.2. The van der Waals surface area contributed by atoms with Crippen molar-refractivity contribution in [2.45, 2.75) is 237 Å². The van der Waals surface area contributed by atoms with Gasteiger partial charge in [-0.2, -0.15) is 0 Å². The summed E-state index contributed by atoms with van der Waals surface area (Å²) in [5, 5.41) is 76.7. The minimum atomic E-state index is -0.935. The van der Waals surface area contributed by atoms with E-state index < -0.39 is 48.3 Å². The molecule has 4 aliphatic rings. The maximum atomic E-state index is 12.5. The number of aryl methyl sites for hydroxylation is 1. The Hall–Kier alpha value is -9.06. The van der Waals surface area contributed by atoms with Crippen LogP contribution in [0.2, 0.25) is 0 Å². The van der Waals surface area contributed by atoms with Crippen molar-refractivity contribution in [3.8, 4) is 0 Å². The summed E-state index contributed by atoms with van der Waals surface area (Å²) in [5.41, 5.74) is 6.86. The third-order valence-electron chi connectivity index (χ3n) is 20.8. The van der Waals surface area contributed by atoms with Crippen LogP contribution in [0.1, 0.15) is 267 Å². The molecule has 26 heteroatoms. The van der Waals surface area contributed by atoms with Crippen LogP contribution in [-0.2, 0) is 54.7 Å². The van der Waals surface area contributed by atoms with Crippen LogP contribution in [0.25, 0.3) is 0 Å². The summed E-state index contributed by atoms with van der Waals surface area (Å²) in [4.78, 5) is 106. The molecule has 4 aromatic heterocycles. The number of carboxylic acid groups (broad SMARTS) is 4. The van der Waals surface area contributed by atoms with Gasteiger partial charge >= 0.3 is 23.9 Å². The number of benzene rings is 4. The number of hydrogen-bond donors (Lipinski definition) is 8. The number of carboxylic acids is 4. The Morgan fingerprint density at radius 3 is 1.12 bits per heavy atom. The second kappa shape index (κ2) is 45.4. The molecule has 115 heavy (non-hydrogen) atoms. The van der Waals surface area contributed by atoms with Crippen LogP contribution < -0.4 is 19.6 Å². The summed E-state index contributed by atoms with van der Waals surface area (Å²) in [6.07, 6.45) is 20.9. The molecule has 4 aliphatic heterocycles. The van der Waals surface area contributed by atoms with E-state index in [1.807, 2.05) is 145 Å². The van der Waals surface area contributed by atoms with Crippen LogP contribution in [0, 0.1) is 0 Å². The average molecular weight is 1650 g/mol. The van der Waals surface area contributed by atoms with Crippen molar-refractivity contribution < 1.29 is 88.7 Å². The maximum Gasteiger partial charge on any atom is 0.345 e. The minimum absolute atomic E-state index is 0.00302. The summed E-state index contributed by atoms with van der Waals surface area (Å²) in [5.74, 6) is -3.26. The topological polar surface area (TPSA) is 330 Å². The number of hydrogen-bond acceptors (Lipinski definition) is 18. The minimum Gasteiger partial charge on any atom is -0.477 e. The van der Waals surface area contributed by atoms with Crippen molar-refractivity contribution in [2.24, 2.45) is 0 Å². The lowest BCUT2D eigenvalue weighted by Crippen LogP contribution is -2.36. The van der Waals surface area contributed by atoms with Gasteiger partial charge in [0.25, 0.3) is 0 Å². The van der Waals surface area contributed by atoms with E-state index in [1.54, 1.807) is 46.2 Å². The number of allylic oxidation sites excluding steroid dienone is 1. The van der Waals surface area contributed by atoms with Crippen LogP contribution in [0.5, 0.6) is 0 Å². The molecule has 0 saturated carbocycles. The summed E-state index contributed by atoms with van der Waals surface area (Å²) >= 11 is 5.01. The van der Waals surface area contributed by atoms with Crippen LogP contribution in [0.15, 0.2) is 158 Å². The number of aromatic carboxylic acids is 4. The Balaban J connectivity index is 0.000000176. The number of thiophene rings is 4. The highest BCUT2D eigenvalue weighted by atomic mass is 32.1. The molecule has 12 rings (SSSR count). The number of amides is 4. The van der Waals surface area contributed by atoms with Crippen molar-refractivity contribution in [3.63, 3.8) is 0 Å². The molecule has 4 amide bonds. The Labute approximate surface area is 688 Å². The number of anilines is 4. The first-order valence-electron chi connectivity index (χ1n) is 40.0. The lowest BCUT2D eigenvalue weighted by Gasteiger charge is -2.25. The lowest BCUT2D eigenvalue weighted by molar-refractivity contribution is -0.118. The predicted molar refractivity (Wildman–Crippen MR) is 451 cm³/mol. The lowest BCUT2D eigenvalue weighted by atomic mass is 10.0. The van der Waals surface area contributed by atoms with E-state index in [1.165, 1.54) is 45.3 Å². The Bertz CT molecular complexity index is 4480. The van der Waals surface area contributed by atoms with E-state index in [9.17, 15) is 58.8 Å². The fourth-order valence-corrected chi connectivity index (χ4v) is 17.8. The second-order valence-corrected chi connectivity index (χ2v) is 33.9. The first kappa shape index (κ1) is 89.9. The molecule has 4 fully saturated rings. The molecule has 8 aromatic rings. The molecule has 0 radical (unpaired) electrons. The van der Waals surface area contributed by atoms with Crippen LogP contribution in [0.4, 0.5) is 22.7 Å². The van der Waals surface area contributed by atoms with Gasteiger partial charge in [0.15, 0.2) is 0 Å². The number of nitrogens with zero attached hydrogens (tertiary/aromatic N) is 4. The van der Waals surface area contributed by atoms with Gasteiger partial charge in [-0.15, -0.1) is 45.3 Å². The highest BCUT2D eigenvalue weighted by Gasteiger charge is 2.36. The summed E-state index contributed by atoms with van der Waals surface area (Å²) in [6.45, 7) is 9.70. The largest absolute Gasteiger partial charge is 0.477 e. The summed E-state index contributed by atoms with van der Waals surface area (Å²) < 4.78 is 11.5. The number of aliphatic hydroxyl groups excluding tert-OH is 4. The van der Waals surface area contributed by atoms with Crippen LogP contribution in [0.3, 0.4) is 0 Å². The molecule has 8 heterocycles. The fourth-order valence-electron chi connectivity index (χ4n) is 14.5. The Kier molecular flexibility index (Phi) is 35.5. The molecule has 8 atom stereocenters. The van der Waals surface area contributed by atoms with Gasteiger partial charge in [-0.3, -0.25) is 19.2 Å². The van der Waals surface area contributed by atoms with Gasteiger partial charge in [0, 0.05) is 74.0 Å². The molecule has 4 aromatic carbocycles. The highest BCUT2D eigenvalue weighted by Crippen LogP contribution is 2.36. The molecule has 0 aliphatic carbocycles. The van der Waals surface area contributed by atoms with E-state index in [2.05, 4.69) is 13.8 Å². The normalized spacial score (nSPS) is 17.8. The van der Waals surface area contributed by atoms with Gasteiger partial charge in [-0.1, -0.05) is 133 Å². The van der Waals surface area contributed by atoms with Gasteiger partial charge in [-0.25, -0.2) is 19.2 Å². The van der Waals surface area contributed by atoms with Crippen molar-refractivity contribution in [3.05, 3.63) is 219 Å². The molecule has 616 valence electrons. The molecule has 22 nitrogen and oxygen atoms in total. The number of unbranched alkanes of at least 4 members (excludes halogenated alkanes) is 4. The van der Waals surface area contributed by atoms with E-state index in [0.29, 0.717) is 90.9 Å². The Morgan fingerprint density at radius 2 is 0.730 bits per heavy atom. The number of ether oxygens (including phenoxy) is 2. The summed E-state index contributed by atoms with van der Waals surface area (Å²) in [6, 6.07) is 44.1. The molecule has 4 unspecified atom stereocenters. The number of carbonyl (C=O) groups is 8. The molecule has 0 bridgehead atoms. The van der Waals surface area contributed by atoms with Gasteiger partial charge in [0.2, 0.25) is 23.6 Å². The Morgan fingerprint density at radius 1 is 0.391 bits per heavy atom. The third-order valence-corrected chi connectivity index (χ3v) is 25.1. The van der Waals surface area contributed by atoms with E-state index in [0.717, 1.165) is 167 Å². The number of carbonyl (C=O) groups excluding carboxylic acids is 4. The van der Waals surface area contributed by atoms with Gasteiger partial charge in [0.05, 0.1) is 69.0 Å². The van der Waals surface area contributed by atoms with Gasteiger partial charge in [-0.05, 0) is 196 Å². The number of rotatable bonds is 38. The van der Waals surface area contributed by atoms with Crippen molar-refractivity contribution >= 4 is 116 Å². The molecule has 0 spiro atoms. The fraction of sp³-hybridized carbons (Fsp3) is 0.438. The van der Waals surface area contributed by atoms with Crippen molar-refractivity contribution in [1.82, 2.24) is 0 Å². The molecular weight excluding hydrogens is 1540 g/mol. The monoisotopic (exact) mass is 1650 g/mol. The van der Waals surface area contributed by atoms with Crippen molar-refractivity contribution in [2.75, 3.05) is 32.8 Å². The first-order valence-corrected chi connectivity index (χ1v) is 43.2. The standard InChI is InChI=1S/C24H31NO4S.C24H29NO4S.C21H25NO5S.C20H23NO5S/c2*1-2-3-4-8-21(26)17-9-11-19(12-10-17)25-18(13-16-23(25)27)6-5-7-20-14-15-22(30-20)24(28)29;1-2-3-18(23)14-4-6-15(7-5-14)22-16(8-11-20(22)24)12-27-13-17-9-10-19(28-17)21(25)26;1-2-17(22)13-3-5-14(6-4-13)21-15(7-10-19(21)23)11-26-12-16-8-9-18(27-16)20(24)25/h9-12,14-15,18,21,26H,2-8,13,16H2,1H3,(H,28,29);5-6,9-12,14-15,18,21,26H,2-4,7-8,13,16H2,1H3,(H,28,29);4-7,9-10,16,18,23H,2-3,8,11-13H2,1H3,(H,25,26);3-6,8-9,15,17,22H,2,7,10-12H2,1H3,(H,24,25)/t2*18-,21?;16-,18?;15-,17?/m1100/s1. The van der Waals surface area contributed by atoms with Gasteiger partial charge in [0.1, 0.15) is 19.5 Å². The molecule has 8 N–H and O–H groups in total. The zero-order valence-corrected chi connectivity index (χ0v) is 69.1. The highest BCUT2D eigenvalue weighted by molar-refractivity contribution is 7.14. The van der Waals surface area contributed by atoms with E-state index in [-0.39, 0.29) is 47.8 Å². The molecule has 4 saturated heterocycles. The quantitative estimate of drug-likeness (QED) is 0.0132. The van der Waals surface area contributed by atoms with Crippen LogP contribution >= 0.6 is 45.3 Å². The van der Waals surface area contributed by atoms with Gasteiger partial charge < -0.3 is 69.9 Å². The number of aliphatic hydroxyl groups is 4. The van der Waals surface area contributed by atoms with Crippen molar-refractivity contribution in [1.29, 1.82) is 0 Å². The summed E-state index contributed by atoms with van der Waals surface area (Å²) in [7, 11) is 0. The SMILES string of the molecule is CCC(O)c1ccc(N2C(=O)CC[C@H]2COCc2ccc(C(=O)O)s2)cc1.CCCC(O)c1ccc(N2C(=O)CC[C@H]2COCc2ccc(C(=O)O)s2)cc1.CCCCCC(O)c1ccc(N2C(=O)CC[C@H]2C=CCc2ccc(C(=O)O)s2)cc1.CCCCCC(O)c1ccc(N2C(=O)CC[C@H]2CCCc2ccc(C(=O)O)s2)cc1. The average Bonchev–Trinajstić information content (AvgIpc) is 1.73. The molecular formula is C89H108N4O18S4. The smallest absolute Gasteiger partial charge is 0.345 e. The third kappa shape index (κ3) is 26.2. The van der Waals surface area contributed by atoms with E-state index >= 15 is 0 Å².